The van der Waals surface area contributed by atoms with Crippen LogP contribution in [0.5, 0.6) is 0 Å². The van der Waals surface area contributed by atoms with Crippen LogP contribution in [0.1, 0.15) is 18.4 Å². The van der Waals surface area contributed by atoms with Gasteiger partial charge in [0.15, 0.2) is 0 Å². The second-order valence-corrected chi connectivity index (χ2v) is 5.54. The Balaban J connectivity index is 2.13. The quantitative estimate of drug-likeness (QED) is 0.687. The summed E-state index contributed by atoms with van der Waals surface area (Å²) in [6.45, 7) is 1.90. The Morgan fingerprint density at radius 2 is 2.06 bits per heavy atom. The first kappa shape index (κ1) is 11.2. The predicted molar refractivity (Wildman–Crippen MR) is 64.3 cm³/mol. The molecule has 0 aromatic heterocycles. The molecule has 0 unspecified atom stereocenters. The summed E-state index contributed by atoms with van der Waals surface area (Å²) >= 11 is 0. The molecule has 0 saturated heterocycles. The Kier molecular flexibility index (Phi) is 2.77. The van der Waals surface area contributed by atoms with Gasteiger partial charge in [0, 0.05) is 6.04 Å². The van der Waals surface area contributed by atoms with Gasteiger partial charge in [0.25, 0.3) is 10.2 Å². The summed E-state index contributed by atoms with van der Waals surface area (Å²) in [4.78, 5) is 0. The molecular weight excluding hydrogens is 226 g/mol. The molecule has 16 heavy (non-hydrogen) atoms. The van der Waals surface area contributed by atoms with E-state index in [0.29, 0.717) is 11.4 Å². The van der Waals surface area contributed by atoms with E-state index in [0.717, 1.165) is 18.4 Å². The first-order valence-electron chi connectivity index (χ1n) is 5.12. The molecule has 4 N–H and O–H groups in total. The smallest absolute Gasteiger partial charge is 0.299 e. The Bertz CT molecular complexity index is 495. The minimum Gasteiger partial charge on any atom is -0.397 e. The van der Waals surface area contributed by atoms with Crippen molar-refractivity contribution in [2.45, 2.75) is 25.8 Å². The molecule has 1 saturated carbocycles. The van der Waals surface area contributed by atoms with E-state index in [4.69, 9.17) is 5.73 Å². The van der Waals surface area contributed by atoms with Crippen LogP contribution >= 0.6 is 0 Å². The lowest BCUT2D eigenvalue weighted by Gasteiger charge is -2.11. The lowest BCUT2D eigenvalue weighted by Crippen LogP contribution is -2.32. The molecule has 5 nitrogen and oxygen atoms in total. The first-order chi connectivity index (χ1) is 7.46. The molecule has 1 aliphatic carbocycles. The van der Waals surface area contributed by atoms with Gasteiger partial charge in [0.1, 0.15) is 0 Å². The zero-order valence-corrected chi connectivity index (χ0v) is 9.84. The SMILES string of the molecule is Cc1ccc(NS(=O)(=O)NC2CC2)c(N)c1. The second kappa shape index (κ2) is 3.95. The van der Waals surface area contributed by atoms with Crippen LogP contribution in [-0.4, -0.2) is 14.5 Å². The molecule has 1 aliphatic rings. The van der Waals surface area contributed by atoms with Crippen molar-refractivity contribution >= 4 is 21.6 Å². The fourth-order valence-corrected chi connectivity index (χ4v) is 2.58. The summed E-state index contributed by atoms with van der Waals surface area (Å²) in [7, 11) is -3.49. The third-order valence-corrected chi connectivity index (χ3v) is 3.48. The van der Waals surface area contributed by atoms with Crippen LogP contribution in [0.4, 0.5) is 11.4 Å². The van der Waals surface area contributed by atoms with Crippen LogP contribution in [0.15, 0.2) is 18.2 Å². The van der Waals surface area contributed by atoms with Gasteiger partial charge >= 0.3 is 0 Å². The Hall–Kier alpha value is -1.27. The number of aryl methyl sites for hydroxylation is 1. The van der Waals surface area contributed by atoms with Gasteiger partial charge in [-0.15, -0.1) is 0 Å². The van der Waals surface area contributed by atoms with Gasteiger partial charge in [-0.05, 0) is 37.5 Å². The zero-order valence-electron chi connectivity index (χ0n) is 9.03. The third kappa shape index (κ3) is 2.86. The van der Waals surface area contributed by atoms with Crippen molar-refractivity contribution in [3.8, 4) is 0 Å². The van der Waals surface area contributed by atoms with E-state index in [-0.39, 0.29) is 6.04 Å². The van der Waals surface area contributed by atoms with Gasteiger partial charge < -0.3 is 5.73 Å². The van der Waals surface area contributed by atoms with Crippen molar-refractivity contribution in [2.24, 2.45) is 0 Å². The molecule has 0 radical (unpaired) electrons. The van der Waals surface area contributed by atoms with Crippen molar-refractivity contribution < 1.29 is 8.42 Å². The Morgan fingerprint density at radius 1 is 1.38 bits per heavy atom. The van der Waals surface area contributed by atoms with E-state index in [1.54, 1.807) is 12.1 Å². The number of benzene rings is 1. The van der Waals surface area contributed by atoms with E-state index in [1.165, 1.54) is 0 Å². The molecule has 0 bridgehead atoms. The Labute approximate surface area is 95.2 Å². The number of hydrogen-bond donors (Lipinski definition) is 3. The van der Waals surface area contributed by atoms with Crippen LogP contribution in [0, 0.1) is 6.92 Å². The number of rotatable bonds is 4. The van der Waals surface area contributed by atoms with Gasteiger partial charge in [-0.2, -0.15) is 13.1 Å². The standard InChI is InChI=1S/C10H15N3O2S/c1-7-2-5-10(9(11)6-7)13-16(14,15)12-8-3-4-8/h2,5-6,8,12-13H,3-4,11H2,1H3. The molecule has 6 heteroatoms. The summed E-state index contributed by atoms with van der Waals surface area (Å²) in [6.07, 6.45) is 1.81. The molecule has 0 atom stereocenters. The molecular formula is C10H15N3O2S. The van der Waals surface area contributed by atoms with E-state index in [1.807, 2.05) is 13.0 Å². The number of nitrogens with two attached hydrogens (primary N) is 1. The second-order valence-electron chi connectivity index (χ2n) is 4.09. The van der Waals surface area contributed by atoms with Crippen LogP contribution in [-0.2, 0) is 10.2 Å². The van der Waals surface area contributed by atoms with Crippen molar-refractivity contribution in [3.63, 3.8) is 0 Å². The highest BCUT2D eigenvalue weighted by Gasteiger charge is 2.26. The van der Waals surface area contributed by atoms with Crippen LogP contribution in [0.3, 0.4) is 0 Å². The molecule has 1 aromatic carbocycles. The minimum atomic E-state index is -3.49. The highest BCUT2D eigenvalue weighted by Crippen LogP contribution is 2.23. The van der Waals surface area contributed by atoms with Gasteiger partial charge in [-0.1, -0.05) is 6.07 Å². The van der Waals surface area contributed by atoms with E-state index >= 15 is 0 Å². The van der Waals surface area contributed by atoms with Gasteiger partial charge in [0.05, 0.1) is 11.4 Å². The summed E-state index contributed by atoms with van der Waals surface area (Å²) in [5, 5.41) is 0. The van der Waals surface area contributed by atoms with Crippen LogP contribution in [0.25, 0.3) is 0 Å². The maximum atomic E-state index is 11.6. The maximum absolute atomic E-state index is 11.6. The van der Waals surface area contributed by atoms with Gasteiger partial charge in [0.2, 0.25) is 0 Å². The summed E-state index contributed by atoms with van der Waals surface area (Å²) in [5.74, 6) is 0. The minimum absolute atomic E-state index is 0.0872. The average Bonchev–Trinajstić information content (AvgIpc) is 2.93. The largest absolute Gasteiger partial charge is 0.397 e. The topological polar surface area (TPSA) is 84.2 Å². The average molecular weight is 241 g/mol. The number of anilines is 2. The molecule has 0 aliphatic heterocycles. The van der Waals surface area contributed by atoms with E-state index < -0.39 is 10.2 Å². The predicted octanol–water partition coefficient (Wildman–Crippen LogP) is 0.986. The van der Waals surface area contributed by atoms with Crippen molar-refractivity contribution in [3.05, 3.63) is 23.8 Å². The lowest BCUT2D eigenvalue weighted by molar-refractivity contribution is 0.586. The fourth-order valence-electron chi connectivity index (χ4n) is 1.37. The molecule has 1 fully saturated rings. The zero-order chi connectivity index (χ0) is 11.8. The number of nitrogen functional groups attached to an aromatic ring is 1. The molecule has 88 valence electrons. The van der Waals surface area contributed by atoms with E-state index in [2.05, 4.69) is 9.44 Å². The normalized spacial score (nSPS) is 16.1. The molecule has 2 rings (SSSR count). The van der Waals surface area contributed by atoms with Crippen molar-refractivity contribution in [1.82, 2.24) is 4.72 Å². The summed E-state index contributed by atoms with van der Waals surface area (Å²) in [6, 6.07) is 5.29. The lowest BCUT2D eigenvalue weighted by atomic mass is 10.2. The maximum Gasteiger partial charge on any atom is 0.299 e. The molecule has 0 amide bonds. The Morgan fingerprint density at radius 3 is 2.62 bits per heavy atom. The third-order valence-electron chi connectivity index (χ3n) is 2.35. The van der Waals surface area contributed by atoms with Crippen LogP contribution in [0.2, 0.25) is 0 Å². The summed E-state index contributed by atoms with van der Waals surface area (Å²) in [5.41, 5.74) is 7.56. The monoisotopic (exact) mass is 241 g/mol. The summed E-state index contributed by atoms with van der Waals surface area (Å²) < 4.78 is 28.2. The fraction of sp³-hybridized carbons (Fsp3) is 0.400. The highest BCUT2D eigenvalue weighted by molar-refractivity contribution is 7.90. The molecule has 0 heterocycles. The van der Waals surface area contributed by atoms with Crippen molar-refractivity contribution in [1.29, 1.82) is 0 Å². The molecule has 1 aromatic rings. The van der Waals surface area contributed by atoms with Gasteiger partial charge in [-0.25, -0.2) is 0 Å². The number of hydrogen-bond acceptors (Lipinski definition) is 3. The van der Waals surface area contributed by atoms with E-state index in [9.17, 15) is 8.42 Å². The van der Waals surface area contributed by atoms with Crippen LogP contribution < -0.4 is 15.2 Å². The number of nitrogens with one attached hydrogen (secondary N) is 2. The van der Waals surface area contributed by atoms with Gasteiger partial charge in [-0.3, -0.25) is 4.72 Å². The first-order valence-corrected chi connectivity index (χ1v) is 6.61. The highest BCUT2D eigenvalue weighted by atomic mass is 32.2. The van der Waals surface area contributed by atoms with Crippen molar-refractivity contribution in [2.75, 3.05) is 10.5 Å². The molecule has 0 spiro atoms.